The number of sulfonamides is 1. The van der Waals surface area contributed by atoms with Gasteiger partial charge in [-0.2, -0.15) is 4.98 Å². The van der Waals surface area contributed by atoms with Crippen molar-refractivity contribution in [2.45, 2.75) is 57.9 Å². The van der Waals surface area contributed by atoms with Crippen LogP contribution >= 0.6 is 0 Å². The lowest BCUT2D eigenvalue weighted by atomic mass is 9.86. The quantitative estimate of drug-likeness (QED) is 0.156. The molecule has 3 aromatic carbocycles. The van der Waals surface area contributed by atoms with Crippen LogP contribution in [0.15, 0.2) is 60.8 Å². The van der Waals surface area contributed by atoms with Crippen LogP contribution in [0.3, 0.4) is 0 Å². The number of benzene rings is 3. The molecule has 0 radical (unpaired) electrons. The number of rotatable bonds is 9. The summed E-state index contributed by atoms with van der Waals surface area (Å²) >= 11 is 0. The van der Waals surface area contributed by atoms with Crippen LogP contribution < -0.4 is 30.1 Å². The average Bonchev–Trinajstić information content (AvgIpc) is 3.46. The summed E-state index contributed by atoms with van der Waals surface area (Å²) in [5, 5.41) is 10.7. The Hall–Kier alpha value is -4.58. The maximum absolute atomic E-state index is 13.3. The molecule has 232 valence electrons. The molecule has 0 bridgehead atoms. The Morgan fingerprint density at radius 2 is 1.61 bits per heavy atom. The molecule has 5 rings (SSSR count). The van der Waals surface area contributed by atoms with Crippen molar-refractivity contribution >= 4 is 49.8 Å². The topological polar surface area (TPSA) is 144 Å². The van der Waals surface area contributed by atoms with Gasteiger partial charge in [0.1, 0.15) is 5.75 Å². The number of carbonyl (C=O) groups excluding carboxylic acids is 1. The number of amides is 2. The van der Waals surface area contributed by atoms with Crippen molar-refractivity contribution in [3.05, 3.63) is 66.4 Å². The maximum atomic E-state index is 13.3. The molecule has 0 atom stereocenters. The Kier molecular flexibility index (Phi) is 8.82. The van der Waals surface area contributed by atoms with E-state index in [-0.39, 0.29) is 16.9 Å². The number of nitrogens with one attached hydrogen (secondary N) is 4. The molecule has 1 aliphatic rings. The number of hydrogen-bond acceptors (Lipinski definition) is 8. The van der Waals surface area contributed by atoms with Gasteiger partial charge in [0.15, 0.2) is 5.75 Å². The molecule has 0 saturated heterocycles. The van der Waals surface area contributed by atoms with Gasteiger partial charge in [-0.15, -0.1) is 0 Å². The van der Waals surface area contributed by atoms with Gasteiger partial charge < -0.3 is 25.4 Å². The van der Waals surface area contributed by atoms with E-state index < -0.39 is 16.1 Å². The largest absolute Gasteiger partial charge is 0.492 e. The Morgan fingerprint density at radius 3 is 2.30 bits per heavy atom. The van der Waals surface area contributed by atoms with Crippen LogP contribution in [-0.4, -0.2) is 43.8 Å². The molecule has 1 heterocycles. The third-order valence-corrected chi connectivity index (χ3v) is 7.96. The fraction of sp³-hybridized carbons (Fsp3) is 0.344. The predicted octanol–water partition coefficient (Wildman–Crippen LogP) is 7.10. The monoisotopic (exact) mass is 618 g/mol. The zero-order valence-electron chi connectivity index (χ0n) is 25.5. The van der Waals surface area contributed by atoms with Crippen molar-refractivity contribution in [3.63, 3.8) is 0 Å². The predicted molar refractivity (Wildman–Crippen MR) is 175 cm³/mol. The van der Waals surface area contributed by atoms with E-state index in [1.807, 2.05) is 45.0 Å². The first kappa shape index (κ1) is 30.9. The molecule has 1 aromatic heterocycles. The van der Waals surface area contributed by atoms with E-state index in [0.29, 0.717) is 35.0 Å². The molecule has 2 amide bonds. The molecular formula is C32H38N6O5S. The van der Waals surface area contributed by atoms with Gasteiger partial charge in [-0.25, -0.2) is 18.2 Å². The molecule has 12 heteroatoms. The van der Waals surface area contributed by atoms with Crippen LogP contribution in [0.2, 0.25) is 0 Å². The summed E-state index contributed by atoms with van der Waals surface area (Å²) in [4.78, 5) is 22.2. The van der Waals surface area contributed by atoms with Gasteiger partial charge in [0, 0.05) is 29.1 Å². The van der Waals surface area contributed by atoms with Crippen molar-refractivity contribution in [3.8, 4) is 17.4 Å². The minimum atomic E-state index is -3.61. The summed E-state index contributed by atoms with van der Waals surface area (Å²) < 4.78 is 38.4. The van der Waals surface area contributed by atoms with E-state index in [4.69, 9.17) is 9.47 Å². The number of carbonyl (C=O) groups is 1. The zero-order valence-corrected chi connectivity index (χ0v) is 26.3. The molecule has 1 saturated carbocycles. The van der Waals surface area contributed by atoms with Crippen LogP contribution in [-0.2, 0) is 15.4 Å². The van der Waals surface area contributed by atoms with Gasteiger partial charge in [-0.1, -0.05) is 57.9 Å². The number of aromatic nitrogens is 2. The first-order valence-corrected chi connectivity index (χ1v) is 16.4. The minimum Gasteiger partial charge on any atom is -0.492 e. The molecule has 0 spiro atoms. The summed E-state index contributed by atoms with van der Waals surface area (Å²) in [7, 11) is -2.19. The molecule has 11 nitrogen and oxygen atoms in total. The second kappa shape index (κ2) is 12.6. The molecular weight excluding hydrogens is 580 g/mol. The number of anilines is 4. The summed E-state index contributed by atoms with van der Waals surface area (Å²) in [6.45, 7) is 5.98. The van der Waals surface area contributed by atoms with Gasteiger partial charge in [0.05, 0.1) is 30.4 Å². The molecule has 44 heavy (non-hydrogen) atoms. The minimum absolute atomic E-state index is 0.193. The second-order valence-corrected chi connectivity index (χ2v) is 13.7. The van der Waals surface area contributed by atoms with E-state index in [1.54, 1.807) is 36.5 Å². The molecule has 0 unspecified atom stereocenters. The summed E-state index contributed by atoms with van der Waals surface area (Å²) in [6, 6.07) is 16.1. The van der Waals surface area contributed by atoms with E-state index in [1.165, 1.54) is 20.0 Å². The number of nitrogens with zero attached hydrogens (tertiary/aromatic N) is 2. The Balaban J connectivity index is 1.39. The van der Waals surface area contributed by atoms with Crippen molar-refractivity contribution in [2.75, 3.05) is 34.0 Å². The number of fused-ring (bicyclic) bond motifs is 1. The number of ether oxygens (including phenoxy) is 2. The van der Waals surface area contributed by atoms with Crippen molar-refractivity contribution < 1.29 is 22.7 Å². The highest BCUT2D eigenvalue weighted by Gasteiger charge is 2.23. The van der Waals surface area contributed by atoms with Crippen LogP contribution in [0, 0.1) is 0 Å². The standard InChI is InChI=1S/C32H38N6O5S/c1-32(2,3)20-18-25(29(42-4)26(19-20)38-44(5,40)41)36-31(39)35-24-14-15-27(23-13-9-8-12-22(23)24)43-28-16-17-33-30(37-28)34-21-10-6-7-11-21/h8-9,12-19,21,38H,6-7,10-11H2,1-5H3,(H,33,34,37)(H2,35,36,39). The highest BCUT2D eigenvalue weighted by atomic mass is 32.2. The van der Waals surface area contributed by atoms with Gasteiger partial charge >= 0.3 is 6.03 Å². The van der Waals surface area contributed by atoms with Crippen molar-refractivity contribution in [1.82, 2.24) is 9.97 Å². The van der Waals surface area contributed by atoms with Crippen molar-refractivity contribution in [2.24, 2.45) is 0 Å². The van der Waals surface area contributed by atoms with Gasteiger partial charge in [0.25, 0.3) is 0 Å². The number of hydrogen-bond donors (Lipinski definition) is 4. The molecule has 4 N–H and O–H groups in total. The maximum Gasteiger partial charge on any atom is 0.323 e. The van der Waals surface area contributed by atoms with Crippen LogP contribution in [0.4, 0.5) is 27.8 Å². The molecule has 4 aromatic rings. The average molecular weight is 619 g/mol. The van der Waals surface area contributed by atoms with E-state index >= 15 is 0 Å². The fourth-order valence-electron chi connectivity index (χ4n) is 5.23. The van der Waals surface area contributed by atoms with Crippen LogP contribution in [0.5, 0.6) is 17.4 Å². The smallest absolute Gasteiger partial charge is 0.323 e. The van der Waals surface area contributed by atoms with Crippen molar-refractivity contribution in [1.29, 1.82) is 0 Å². The van der Waals surface area contributed by atoms with E-state index in [9.17, 15) is 13.2 Å². The van der Waals surface area contributed by atoms with Crippen LogP contribution in [0.1, 0.15) is 52.0 Å². The van der Waals surface area contributed by atoms with E-state index in [0.717, 1.165) is 35.4 Å². The zero-order chi connectivity index (χ0) is 31.5. The van der Waals surface area contributed by atoms with Crippen LogP contribution in [0.25, 0.3) is 10.8 Å². The first-order valence-electron chi connectivity index (χ1n) is 14.5. The summed E-state index contributed by atoms with van der Waals surface area (Å²) in [5.74, 6) is 1.72. The third-order valence-electron chi connectivity index (χ3n) is 7.37. The van der Waals surface area contributed by atoms with Gasteiger partial charge in [0.2, 0.25) is 21.9 Å². The fourth-order valence-corrected chi connectivity index (χ4v) is 5.78. The highest BCUT2D eigenvalue weighted by Crippen LogP contribution is 2.40. The lowest BCUT2D eigenvalue weighted by Gasteiger charge is -2.24. The van der Waals surface area contributed by atoms with Gasteiger partial charge in [-0.05, 0) is 48.1 Å². The highest BCUT2D eigenvalue weighted by molar-refractivity contribution is 7.92. The molecule has 1 aliphatic carbocycles. The third kappa shape index (κ3) is 7.49. The molecule has 1 fully saturated rings. The lowest BCUT2D eigenvalue weighted by molar-refractivity contribution is 0.262. The van der Waals surface area contributed by atoms with Gasteiger partial charge in [-0.3, -0.25) is 4.72 Å². The summed E-state index contributed by atoms with van der Waals surface area (Å²) in [6.07, 6.45) is 7.35. The summed E-state index contributed by atoms with van der Waals surface area (Å²) in [5.41, 5.74) is 1.57. The number of urea groups is 1. The Morgan fingerprint density at radius 1 is 0.932 bits per heavy atom. The van der Waals surface area contributed by atoms with E-state index in [2.05, 4.69) is 30.6 Å². The normalized spacial score (nSPS) is 13.8. The SMILES string of the molecule is COc1c(NC(=O)Nc2ccc(Oc3ccnc(NC4CCCC4)n3)c3ccccc23)cc(C(C)(C)C)cc1NS(C)(=O)=O. The molecule has 0 aliphatic heterocycles. The number of methoxy groups -OCH3 is 1. The Labute approximate surface area is 257 Å². The first-order chi connectivity index (χ1) is 20.9. The second-order valence-electron chi connectivity index (χ2n) is 11.9. The Bertz CT molecular complexity index is 1780. The lowest BCUT2D eigenvalue weighted by Crippen LogP contribution is -2.22.